The smallest absolute Gasteiger partial charge is 0.190 e. The van der Waals surface area contributed by atoms with Gasteiger partial charge in [-0.2, -0.15) is 0 Å². The van der Waals surface area contributed by atoms with Gasteiger partial charge in [-0.05, 0) is 43.2 Å². The maximum Gasteiger partial charge on any atom is 0.190 e. The van der Waals surface area contributed by atoms with E-state index in [0.717, 1.165) is 5.75 Å². The number of thioether (sulfide) groups is 1. The van der Waals surface area contributed by atoms with Crippen LogP contribution in [0.5, 0.6) is 0 Å². The van der Waals surface area contributed by atoms with Crippen LogP contribution in [0.4, 0.5) is 0 Å². The van der Waals surface area contributed by atoms with Crippen LogP contribution >= 0.6 is 19.7 Å². The monoisotopic (exact) mass is 478 g/mol. The quantitative estimate of drug-likeness (QED) is 0.518. The van der Waals surface area contributed by atoms with Crippen LogP contribution in [-0.2, 0) is 18.9 Å². The molecular weight excluding hydrogens is 451 g/mol. The summed E-state index contributed by atoms with van der Waals surface area (Å²) in [5.74, 6) is 0.217. The first-order valence-corrected chi connectivity index (χ1v) is 13.8. The van der Waals surface area contributed by atoms with Crippen LogP contribution in [0.15, 0.2) is 84.9 Å². The van der Waals surface area contributed by atoms with Gasteiger partial charge in [0.05, 0.1) is 6.10 Å². The second-order valence-corrected chi connectivity index (χ2v) is 12.3. The first-order chi connectivity index (χ1) is 16.1. The molecular formula is C27H27O4PS. The number of hydrogen-bond donors (Lipinski definition) is 0. The number of rotatable bonds is 4. The molecule has 0 N–H and O–H groups in total. The van der Waals surface area contributed by atoms with Crippen LogP contribution in [0.25, 0.3) is 0 Å². The first kappa shape index (κ1) is 21.8. The van der Waals surface area contributed by atoms with E-state index < -0.39 is 13.7 Å². The average Bonchev–Trinajstić information content (AvgIpc) is 3.32. The number of hydrogen-bond acceptors (Lipinski definition) is 5. The summed E-state index contributed by atoms with van der Waals surface area (Å²) in [7, 11) is -0.713. The molecule has 3 saturated heterocycles. The van der Waals surface area contributed by atoms with Crippen LogP contribution in [0.1, 0.15) is 24.8 Å². The number of benzene rings is 3. The zero-order valence-electron chi connectivity index (χ0n) is 18.7. The number of fused-ring (bicyclic) bond motifs is 3. The summed E-state index contributed by atoms with van der Waals surface area (Å²) in [5.41, 5.74) is 1.16. The lowest BCUT2D eigenvalue weighted by molar-refractivity contribution is -0.217. The van der Waals surface area contributed by atoms with Crippen molar-refractivity contribution in [1.29, 1.82) is 0 Å². The molecule has 0 saturated carbocycles. The van der Waals surface area contributed by atoms with E-state index in [1.54, 1.807) is 11.8 Å². The topological polar surface area (TPSA) is 36.9 Å². The summed E-state index contributed by atoms with van der Waals surface area (Å²) < 4.78 is 25.0. The highest BCUT2D eigenvalue weighted by Gasteiger charge is 2.57. The Morgan fingerprint density at radius 2 is 1.39 bits per heavy atom. The van der Waals surface area contributed by atoms with Crippen molar-refractivity contribution in [2.75, 3.05) is 5.75 Å². The molecule has 170 valence electrons. The molecule has 0 amide bonds. The lowest BCUT2D eigenvalue weighted by Gasteiger charge is -2.35. The molecule has 3 heterocycles. The molecule has 6 rings (SSSR count). The molecule has 6 heteroatoms. The molecule has 3 aromatic carbocycles. The van der Waals surface area contributed by atoms with Gasteiger partial charge in [-0.15, -0.1) is 11.8 Å². The fraction of sp³-hybridized carbons (Fsp3) is 0.333. The van der Waals surface area contributed by atoms with Crippen molar-refractivity contribution in [2.24, 2.45) is 0 Å². The fourth-order valence-corrected chi connectivity index (χ4v) is 8.64. The van der Waals surface area contributed by atoms with Gasteiger partial charge in [0, 0.05) is 5.75 Å². The van der Waals surface area contributed by atoms with Crippen LogP contribution in [-0.4, -0.2) is 36.1 Å². The second-order valence-electron chi connectivity index (χ2n) is 8.97. The SMILES string of the molecule is CC1(C)O[C@H]2OC3CS[C@H](c4ccccc4P(c4ccccc4)c4ccccc4)O[C@@H]3[C@H]2O1. The van der Waals surface area contributed by atoms with Gasteiger partial charge >= 0.3 is 0 Å². The summed E-state index contributed by atoms with van der Waals surface area (Å²) in [6, 6.07) is 30.4. The molecule has 0 radical (unpaired) electrons. The highest BCUT2D eigenvalue weighted by Crippen LogP contribution is 2.48. The molecule has 0 bridgehead atoms. The molecule has 33 heavy (non-hydrogen) atoms. The van der Waals surface area contributed by atoms with Crippen LogP contribution in [0.3, 0.4) is 0 Å². The summed E-state index contributed by atoms with van der Waals surface area (Å²) in [4.78, 5) is 0. The second kappa shape index (κ2) is 8.81. The van der Waals surface area contributed by atoms with E-state index in [1.807, 2.05) is 13.8 Å². The van der Waals surface area contributed by atoms with Crippen molar-refractivity contribution in [3.8, 4) is 0 Å². The Morgan fingerprint density at radius 1 is 0.758 bits per heavy atom. The van der Waals surface area contributed by atoms with Crippen LogP contribution < -0.4 is 15.9 Å². The van der Waals surface area contributed by atoms with Gasteiger partial charge in [0.25, 0.3) is 0 Å². The third-order valence-corrected chi connectivity index (χ3v) is 9.95. The van der Waals surface area contributed by atoms with Crippen LogP contribution in [0.2, 0.25) is 0 Å². The predicted molar refractivity (Wildman–Crippen MR) is 134 cm³/mol. The normalized spacial score (nSPS) is 30.2. The Balaban J connectivity index is 1.36. The summed E-state index contributed by atoms with van der Waals surface area (Å²) >= 11 is 1.81. The molecule has 3 aliphatic rings. The maximum atomic E-state index is 6.71. The average molecular weight is 479 g/mol. The lowest BCUT2D eigenvalue weighted by atomic mass is 10.1. The largest absolute Gasteiger partial charge is 0.354 e. The molecule has 0 aliphatic carbocycles. The first-order valence-electron chi connectivity index (χ1n) is 11.4. The Kier molecular flexibility index (Phi) is 5.82. The molecule has 5 atom stereocenters. The van der Waals surface area contributed by atoms with Crippen molar-refractivity contribution in [1.82, 2.24) is 0 Å². The minimum absolute atomic E-state index is 0.00531. The van der Waals surface area contributed by atoms with E-state index in [4.69, 9.17) is 18.9 Å². The van der Waals surface area contributed by atoms with Gasteiger partial charge in [-0.1, -0.05) is 84.9 Å². The molecule has 0 aromatic heterocycles. The highest BCUT2D eigenvalue weighted by molar-refractivity contribution is 7.99. The van der Waals surface area contributed by atoms with Crippen molar-refractivity contribution < 1.29 is 18.9 Å². The molecule has 3 aromatic rings. The summed E-state index contributed by atoms with van der Waals surface area (Å²) in [6.07, 6.45) is -0.675. The molecule has 0 spiro atoms. The van der Waals surface area contributed by atoms with Crippen molar-refractivity contribution >= 4 is 35.6 Å². The van der Waals surface area contributed by atoms with Gasteiger partial charge in [-0.3, -0.25) is 0 Å². The van der Waals surface area contributed by atoms with Crippen molar-refractivity contribution in [2.45, 2.75) is 49.7 Å². The molecule has 1 unspecified atom stereocenters. The van der Waals surface area contributed by atoms with E-state index in [9.17, 15) is 0 Å². The number of ether oxygens (including phenoxy) is 4. The maximum absolute atomic E-state index is 6.71. The lowest BCUT2D eigenvalue weighted by Crippen LogP contribution is -2.42. The Hall–Kier alpha value is -1.72. The molecule has 4 nitrogen and oxygen atoms in total. The van der Waals surface area contributed by atoms with Gasteiger partial charge in [0.1, 0.15) is 17.6 Å². The van der Waals surface area contributed by atoms with Crippen LogP contribution in [0, 0.1) is 0 Å². The summed E-state index contributed by atoms with van der Waals surface area (Å²) in [6.45, 7) is 3.86. The third kappa shape index (κ3) is 4.16. The minimum atomic E-state index is -0.713. The molecule has 3 aliphatic heterocycles. The third-order valence-electron chi connectivity index (χ3n) is 6.24. The highest BCUT2D eigenvalue weighted by atomic mass is 32.2. The van der Waals surface area contributed by atoms with Crippen molar-refractivity contribution in [3.63, 3.8) is 0 Å². The van der Waals surface area contributed by atoms with Crippen molar-refractivity contribution in [3.05, 3.63) is 90.5 Å². The van der Waals surface area contributed by atoms with E-state index in [1.165, 1.54) is 21.5 Å². The Bertz CT molecular complexity index is 1070. The van der Waals surface area contributed by atoms with E-state index >= 15 is 0 Å². The predicted octanol–water partition coefficient (Wildman–Crippen LogP) is 4.45. The van der Waals surface area contributed by atoms with E-state index in [2.05, 4.69) is 84.9 Å². The van der Waals surface area contributed by atoms with Gasteiger partial charge < -0.3 is 18.9 Å². The zero-order valence-corrected chi connectivity index (χ0v) is 20.4. The van der Waals surface area contributed by atoms with Gasteiger partial charge in [0.2, 0.25) is 0 Å². The van der Waals surface area contributed by atoms with Gasteiger partial charge in [-0.25, -0.2) is 0 Å². The fourth-order valence-electron chi connectivity index (χ4n) is 4.84. The van der Waals surface area contributed by atoms with E-state index in [0.29, 0.717) is 0 Å². The van der Waals surface area contributed by atoms with Gasteiger partial charge in [0.15, 0.2) is 12.1 Å². The standard InChI is InChI=1S/C27H27O4PS/c1-27(2)30-24-23-21(28-25(24)31-27)17-33-26(29-23)20-15-9-10-16-22(20)32(18-11-5-3-6-12-18)19-13-7-4-8-14-19/h3-16,21,23-26H,17H2,1-2H3/t21?,23-,24+,25+,26+/m0/s1. The van der Waals surface area contributed by atoms with E-state index in [-0.39, 0.29) is 30.0 Å². The zero-order chi connectivity index (χ0) is 22.4. The summed E-state index contributed by atoms with van der Waals surface area (Å²) in [5, 5.41) is 4.01. The Morgan fingerprint density at radius 3 is 2.09 bits per heavy atom. The molecule has 3 fully saturated rings. The minimum Gasteiger partial charge on any atom is -0.354 e. The Labute approximate surface area is 200 Å².